The fourth-order valence-corrected chi connectivity index (χ4v) is 4.73. The average molecular weight is 467 g/mol. The molecule has 0 saturated heterocycles. The van der Waals surface area contributed by atoms with Crippen LogP contribution in [0.25, 0.3) is 0 Å². The van der Waals surface area contributed by atoms with Crippen LogP contribution in [0.15, 0.2) is 35.2 Å². The van der Waals surface area contributed by atoms with Gasteiger partial charge in [0.2, 0.25) is 10.0 Å². The third-order valence-corrected chi connectivity index (χ3v) is 6.80. The highest BCUT2D eigenvalue weighted by molar-refractivity contribution is 7.89. The van der Waals surface area contributed by atoms with Crippen molar-refractivity contribution in [2.45, 2.75) is 24.8 Å². The van der Waals surface area contributed by atoms with Gasteiger partial charge in [-0.25, -0.2) is 17.2 Å². The van der Waals surface area contributed by atoms with Crippen molar-refractivity contribution >= 4 is 44.8 Å². The van der Waals surface area contributed by atoms with Crippen molar-refractivity contribution < 1.29 is 27.1 Å². The Kier molecular flexibility index (Phi) is 7.58. The Morgan fingerprint density at radius 3 is 2.38 bits per heavy atom. The number of carbonyl (C=O) groups is 1. The van der Waals surface area contributed by atoms with Crippen LogP contribution in [0.5, 0.6) is 0 Å². The highest BCUT2D eigenvalue weighted by Gasteiger charge is 2.31. The molecule has 2 N–H and O–H groups in total. The Balaban J connectivity index is 2.47. The van der Waals surface area contributed by atoms with E-state index in [-0.39, 0.29) is 27.8 Å². The third-order valence-electron chi connectivity index (χ3n) is 4.10. The summed E-state index contributed by atoms with van der Waals surface area (Å²) in [6.07, 6.45) is 0. The van der Waals surface area contributed by atoms with Gasteiger partial charge in [0.25, 0.3) is 5.91 Å². The molecule has 0 spiro atoms. The smallest absolute Gasteiger partial charge is 0.257 e. The van der Waals surface area contributed by atoms with Crippen LogP contribution in [0.3, 0.4) is 0 Å². The molecule has 2 aromatic carbocycles. The number of hydrogen-bond donors (Lipinski definition) is 2. The molecule has 1 atom stereocenters. The number of aliphatic hydroxyl groups is 1. The number of halogens is 4. The number of hydrogen-bond acceptors (Lipinski definition) is 4. The predicted molar refractivity (Wildman–Crippen MR) is 107 cm³/mol. The molecule has 0 aliphatic heterocycles. The molecule has 158 valence electrons. The minimum atomic E-state index is -4.36. The first-order valence-corrected chi connectivity index (χ1v) is 10.6. The summed E-state index contributed by atoms with van der Waals surface area (Å²) in [6, 6.07) is 4.18. The van der Waals surface area contributed by atoms with Crippen LogP contribution in [0.4, 0.5) is 14.5 Å². The van der Waals surface area contributed by atoms with Crippen molar-refractivity contribution in [2.24, 2.45) is 0 Å². The van der Waals surface area contributed by atoms with Crippen molar-refractivity contribution in [1.29, 1.82) is 0 Å². The largest absolute Gasteiger partial charge is 0.395 e. The summed E-state index contributed by atoms with van der Waals surface area (Å²) in [5.74, 6) is -2.66. The monoisotopic (exact) mass is 466 g/mol. The highest BCUT2D eigenvalue weighted by atomic mass is 35.5. The SMILES string of the molecule is CCN(C(C)CO)S(=O)(=O)c1cc(C(=O)Nc2ccc(F)c(Cl)c2)c(Cl)cc1F. The molecule has 0 saturated carbocycles. The van der Waals surface area contributed by atoms with Gasteiger partial charge in [0, 0.05) is 18.3 Å². The Morgan fingerprint density at radius 2 is 1.83 bits per heavy atom. The number of benzene rings is 2. The maximum absolute atomic E-state index is 14.4. The maximum atomic E-state index is 14.4. The fourth-order valence-electron chi connectivity index (χ4n) is 2.61. The van der Waals surface area contributed by atoms with Gasteiger partial charge in [-0.05, 0) is 37.3 Å². The number of likely N-dealkylation sites (N-methyl/N-ethyl adjacent to an activating group) is 1. The van der Waals surface area contributed by atoms with Crippen LogP contribution in [-0.2, 0) is 10.0 Å². The number of nitrogens with one attached hydrogen (secondary N) is 1. The van der Waals surface area contributed by atoms with E-state index in [9.17, 15) is 27.1 Å². The normalized spacial score (nSPS) is 12.8. The molecule has 0 fully saturated rings. The molecule has 2 aromatic rings. The zero-order chi connectivity index (χ0) is 21.9. The molecule has 0 aliphatic carbocycles. The molecule has 2 rings (SSSR count). The molecule has 0 aromatic heterocycles. The molecule has 0 bridgehead atoms. The predicted octanol–water partition coefficient (Wildman–Crippen LogP) is 3.92. The average Bonchev–Trinajstić information content (AvgIpc) is 2.64. The van der Waals surface area contributed by atoms with Crippen LogP contribution in [0, 0.1) is 11.6 Å². The number of rotatable bonds is 7. The lowest BCUT2D eigenvalue weighted by atomic mass is 10.2. The van der Waals surface area contributed by atoms with Gasteiger partial charge in [-0.2, -0.15) is 4.31 Å². The summed E-state index contributed by atoms with van der Waals surface area (Å²) >= 11 is 11.6. The van der Waals surface area contributed by atoms with Crippen molar-refractivity contribution in [3.05, 3.63) is 57.6 Å². The first kappa shape index (κ1) is 23.5. The van der Waals surface area contributed by atoms with Crippen LogP contribution in [0.2, 0.25) is 10.0 Å². The first-order chi connectivity index (χ1) is 13.5. The van der Waals surface area contributed by atoms with Gasteiger partial charge in [-0.15, -0.1) is 0 Å². The molecular weight excluding hydrogens is 449 g/mol. The summed E-state index contributed by atoms with van der Waals surface area (Å²) in [5, 5.41) is 11.1. The zero-order valence-corrected chi connectivity index (χ0v) is 17.7. The summed E-state index contributed by atoms with van der Waals surface area (Å²) in [7, 11) is -4.36. The highest BCUT2D eigenvalue weighted by Crippen LogP contribution is 2.28. The Labute approximate surface area is 177 Å². The lowest BCUT2D eigenvalue weighted by molar-refractivity contribution is 0.102. The quantitative estimate of drug-likeness (QED) is 0.647. The second-order valence-electron chi connectivity index (χ2n) is 6.09. The van der Waals surface area contributed by atoms with Crippen molar-refractivity contribution in [3.63, 3.8) is 0 Å². The van der Waals surface area contributed by atoms with E-state index < -0.39 is 45.1 Å². The van der Waals surface area contributed by atoms with Gasteiger partial charge >= 0.3 is 0 Å². The topological polar surface area (TPSA) is 86.7 Å². The molecule has 29 heavy (non-hydrogen) atoms. The van der Waals surface area contributed by atoms with E-state index >= 15 is 0 Å². The summed E-state index contributed by atoms with van der Waals surface area (Å²) in [6.45, 7) is 2.49. The van der Waals surface area contributed by atoms with Crippen molar-refractivity contribution in [1.82, 2.24) is 4.31 Å². The number of carbonyl (C=O) groups excluding carboxylic acids is 1. The van der Waals surface area contributed by atoms with Crippen molar-refractivity contribution in [2.75, 3.05) is 18.5 Å². The molecule has 0 aliphatic rings. The van der Waals surface area contributed by atoms with E-state index in [1.165, 1.54) is 19.9 Å². The van der Waals surface area contributed by atoms with Gasteiger partial charge in [0.05, 0.1) is 22.2 Å². The van der Waals surface area contributed by atoms with E-state index in [2.05, 4.69) is 5.32 Å². The Morgan fingerprint density at radius 1 is 1.17 bits per heavy atom. The number of aliphatic hydroxyl groups excluding tert-OH is 1. The second-order valence-corrected chi connectivity index (χ2v) is 8.76. The molecule has 6 nitrogen and oxygen atoms in total. The standard InChI is InChI=1S/C18H18Cl2F2N2O4S/c1-3-24(10(2)9-25)29(27,28)17-7-12(13(19)8-16(17)22)18(26)23-11-4-5-15(21)14(20)6-11/h4-8,10,25H,3,9H2,1-2H3,(H,23,26). The number of anilines is 1. The Bertz CT molecular complexity index is 1030. The molecule has 0 radical (unpaired) electrons. The number of amides is 1. The maximum Gasteiger partial charge on any atom is 0.257 e. The number of sulfonamides is 1. The van der Waals surface area contributed by atoms with Crippen LogP contribution >= 0.6 is 23.2 Å². The zero-order valence-electron chi connectivity index (χ0n) is 15.4. The number of nitrogens with zero attached hydrogens (tertiary/aromatic N) is 1. The molecular formula is C18H18Cl2F2N2O4S. The molecule has 0 heterocycles. The molecule has 11 heteroatoms. The van der Waals surface area contributed by atoms with E-state index in [1.807, 2.05) is 0 Å². The van der Waals surface area contributed by atoms with Crippen LogP contribution in [-0.4, -0.2) is 42.9 Å². The van der Waals surface area contributed by atoms with Crippen LogP contribution < -0.4 is 5.32 Å². The second kappa shape index (κ2) is 9.36. The minimum Gasteiger partial charge on any atom is -0.395 e. The van der Waals surface area contributed by atoms with Gasteiger partial charge in [0.15, 0.2) is 0 Å². The summed E-state index contributed by atoms with van der Waals surface area (Å²) in [5.41, 5.74) is -0.171. The lowest BCUT2D eigenvalue weighted by Gasteiger charge is -2.26. The van der Waals surface area contributed by atoms with Crippen molar-refractivity contribution in [3.8, 4) is 0 Å². The minimum absolute atomic E-state index is 0.0261. The molecule has 1 amide bonds. The fraction of sp³-hybridized carbons (Fsp3) is 0.278. The van der Waals surface area contributed by atoms with Gasteiger partial charge < -0.3 is 10.4 Å². The van der Waals surface area contributed by atoms with E-state index in [1.54, 1.807) is 0 Å². The Hall–Kier alpha value is -1.78. The van der Waals surface area contributed by atoms with Gasteiger partial charge in [0.1, 0.15) is 16.5 Å². The van der Waals surface area contributed by atoms with E-state index in [0.29, 0.717) is 0 Å². The van der Waals surface area contributed by atoms with Gasteiger partial charge in [-0.3, -0.25) is 4.79 Å². The third kappa shape index (κ3) is 5.04. The molecule has 1 unspecified atom stereocenters. The first-order valence-electron chi connectivity index (χ1n) is 8.41. The van der Waals surface area contributed by atoms with Gasteiger partial charge in [-0.1, -0.05) is 30.1 Å². The van der Waals surface area contributed by atoms with E-state index in [4.69, 9.17) is 23.2 Å². The summed E-state index contributed by atoms with van der Waals surface area (Å²) < 4.78 is 54.3. The summed E-state index contributed by atoms with van der Waals surface area (Å²) in [4.78, 5) is 11.8. The van der Waals surface area contributed by atoms with Crippen LogP contribution in [0.1, 0.15) is 24.2 Å². The lowest BCUT2D eigenvalue weighted by Crippen LogP contribution is -2.40. The van der Waals surface area contributed by atoms with E-state index in [0.717, 1.165) is 28.6 Å².